The number of thiazole rings is 1. The molecule has 84 valence electrons. The van der Waals surface area contributed by atoms with E-state index in [1.165, 1.54) is 0 Å². The molecule has 0 aliphatic rings. The van der Waals surface area contributed by atoms with Crippen LogP contribution in [0.15, 0.2) is 10.9 Å². The average molecular weight is 276 g/mol. The molecule has 1 N–H and O–H groups in total. The van der Waals surface area contributed by atoms with Gasteiger partial charge in [0.25, 0.3) is 0 Å². The molecule has 0 saturated carbocycles. The lowest BCUT2D eigenvalue weighted by Crippen LogP contribution is -2.08. The molecule has 8 heteroatoms. The number of nitrogens with zero attached hydrogens (tertiary/aromatic N) is 4. The molecule has 0 aromatic carbocycles. The van der Waals surface area contributed by atoms with Crippen molar-refractivity contribution >= 4 is 40.4 Å². The summed E-state index contributed by atoms with van der Waals surface area (Å²) in [6, 6.07) is 0. The van der Waals surface area contributed by atoms with Crippen molar-refractivity contribution in [3.8, 4) is 0 Å². The van der Waals surface area contributed by atoms with Crippen molar-refractivity contribution in [2.45, 2.75) is 6.42 Å². The summed E-state index contributed by atoms with van der Waals surface area (Å²) < 4.78 is 0. The molecule has 2 heterocycles. The van der Waals surface area contributed by atoms with Crippen LogP contribution in [0.3, 0.4) is 0 Å². The second-order valence-electron chi connectivity index (χ2n) is 2.88. The third kappa shape index (κ3) is 3.01. The number of rotatable bonds is 4. The highest BCUT2D eigenvalue weighted by Crippen LogP contribution is 2.16. The van der Waals surface area contributed by atoms with Crippen molar-refractivity contribution in [3.63, 3.8) is 0 Å². The Hall–Kier alpha value is -0.980. The van der Waals surface area contributed by atoms with Crippen LogP contribution < -0.4 is 5.32 Å². The first kappa shape index (κ1) is 11.5. The molecule has 0 fully saturated rings. The van der Waals surface area contributed by atoms with Gasteiger partial charge in [0.05, 0.1) is 11.2 Å². The zero-order valence-corrected chi connectivity index (χ0v) is 10.4. The molecule has 0 amide bonds. The molecule has 0 spiro atoms. The molecule has 2 rings (SSSR count). The minimum absolute atomic E-state index is 0.0700. The van der Waals surface area contributed by atoms with Crippen LogP contribution in [0.4, 0.5) is 5.82 Å². The molecule has 0 aliphatic carbocycles. The summed E-state index contributed by atoms with van der Waals surface area (Å²) in [4.78, 5) is 8.08. The van der Waals surface area contributed by atoms with Crippen LogP contribution >= 0.6 is 34.5 Å². The largest absolute Gasteiger partial charge is 0.367 e. The van der Waals surface area contributed by atoms with Crippen LogP contribution in [0.2, 0.25) is 10.4 Å². The minimum atomic E-state index is 0.0700. The maximum Gasteiger partial charge on any atom is 0.245 e. The molecule has 0 atom stereocenters. The van der Waals surface area contributed by atoms with Crippen LogP contribution in [0.1, 0.15) is 5.69 Å². The molecule has 0 bridgehead atoms. The Bertz CT molecular complexity index is 461. The van der Waals surface area contributed by atoms with Gasteiger partial charge in [0, 0.05) is 18.3 Å². The standard InChI is InChI=1S/C8H7Cl2N5S/c9-6-7(13-8(10)15-14-6)11-2-1-5-3-16-4-12-5/h3-4H,1-2H2,(H,11,13,15). The summed E-state index contributed by atoms with van der Waals surface area (Å²) in [5.74, 6) is 0.442. The SMILES string of the molecule is Clc1nnc(Cl)c(NCCc2cscn2)n1. The van der Waals surface area contributed by atoms with Gasteiger partial charge < -0.3 is 5.32 Å². The van der Waals surface area contributed by atoms with E-state index in [1.54, 1.807) is 16.8 Å². The maximum atomic E-state index is 5.79. The van der Waals surface area contributed by atoms with E-state index in [0.29, 0.717) is 12.4 Å². The number of halogens is 2. The zero-order valence-electron chi connectivity index (χ0n) is 8.02. The number of anilines is 1. The maximum absolute atomic E-state index is 5.79. The first-order valence-corrected chi connectivity index (χ1v) is 6.12. The van der Waals surface area contributed by atoms with Crippen LogP contribution in [-0.2, 0) is 6.42 Å². The Labute approximate surface area is 106 Å². The van der Waals surface area contributed by atoms with Crippen LogP contribution in [0.25, 0.3) is 0 Å². The van der Waals surface area contributed by atoms with Gasteiger partial charge in [-0.15, -0.1) is 21.5 Å². The van der Waals surface area contributed by atoms with Gasteiger partial charge >= 0.3 is 0 Å². The molecule has 2 aromatic heterocycles. The second kappa shape index (κ2) is 5.38. The van der Waals surface area contributed by atoms with Gasteiger partial charge in [0.15, 0.2) is 11.0 Å². The lowest BCUT2D eigenvalue weighted by Gasteiger charge is -2.04. The van der Waals surface area contributed by atoms with E-state index in [2.05, 4.69) is 25.5 Å². The Kier molecular flexibility index (Phi) is 3.87. The van der Waals surface area contributed by atoms with Gasteiger partial charge in [0.2, 0.25) is 5.28 Å². The molecule has 16 heavy (non-hydrogen) atoms. The Morgan fingerprint density at radius 1 is 1.31 bits per heavy atom. The van der Waals surface area contributed by atoms with Gasteiger partial charge in [-0.05, 0) is 11.6 Å². The van der Waals surface area contributed by atoms with Gasteiger partial charge in [-0.2, -0.15) is 4.98 Å². The molecule has 0 aliphatic heterocycles. The van der Waals surface area contributed by atoms with Crippen molar-refractivity contribution < 1.29 is 0 Å². The summed E-state index contributed by atoms with van der Waals surface area (Å²) in [6.45, 7) is 0.665. The highest BCUT2D eigenvalue weighted by atomic mass is 35.5. The fourth-order valence-electron chi connectivity index (χ4n) is 1.08. The highest BCUT2D eigenvalue weighted by molar-refractivity contribution is 7.07. The van der Waals surface area contributed by atoms with Crippen LogP contribution in [-0.4, -0.2) is 26.7 Å². The van der Waals surface area contributed by atoms with Crippen LogP contribution in [0, 0.1) is 0 Å². The van der Waals surface area contributed by atoms with E-state index in [4.69, 9.17) is 23.2 Å². The third-order valence-corrected chi connectivity index (χ3v) is 2.83. The average Bonchev–Trinajstić information content (AvgIpc) is 2.76. The highest BCUT2D eigenvalue weighted by Gasteiger charge is 2.05. The van der Waals surface area contributed by atoms with E-state index >= 15 is 0 Å². The molecular formula is C8H7Cl2N5S. The van der Waals surface area contributed by atoms with Crippen molar-refractivity contribution in [3.05, 3.63) is 27.0 Å². The fourth-order valence-corrected chi connectivity index (χ4v) is 1.94. The van der Waals surface area contributed by atoms with Gasteiger partial charge in [-0.25, -0.2) is 4.98 Å². The Balaban J connectivity index is 1.92. The summed E-state index contributed by atoms with van der Waals surface area (Å²) in [5, 5.41) is 12.5. The second-order valence-corrected chi connectivity index (χ2v) is 4.29. The third-order valence-electron chi connectivity index (χ3n) is 1.78. The molecule has 0 saturated heterocycles. The predicted molar refractivity (Wildman–Crippen MR) is 64.2 cm³/mol. The van der Waals surface area contributed by atoms with Crippen molar-refractivity contribution in [1.82, 2.24) is 20.2 Å². The van der Waals surface area contributed by atoms with Crippen molar-refractivity contribution in [2.24, 2.45) is 0 Å². The lowest BCUT2D eigenvalue weighted by molar-refractivity contribution is 0.932. The number of nitrogens with one attached hydrogen (secondary N) is 1. The van der Waals surface area contributed by atoms with Gasteiger partial charge in [0.1, 0.15) is 0 Å². The quantitative estimate of drug-likeness (QED) is 0.928. The van der Waals surface area contributed by atoms with Gasteiger partial charge in [-0.1, -0.05) is 11.6 Å². The molecular weight excluding hydrogens is 269 g/mol. The Morgan fingerprint density at radius 2 is 2.19 bits per heavy atom. The summed E-state index contributed by atoms with van der Waals surface area (Å²) in [7, 11) is 0. The van der Waals surface area contributed by atoms with E-state index < -0.39 is 0 Å². The number of aromatic nitrogens is 4. The van der Waals surface area contributed by atoms with E-state index in [-0.39, 0.29) is 10.4 Å². The van der Waals surface area contributed by atoms with Gasteiger partial charge in [-0.3, -0.25) is 0 Å². The van der Waals surface area contributed by atoms with Crippen LogP contribution in [0.5, 0.6) is 0 Å². The van der Waals surface area contributed by atoms with E-state index in [0.717, 1.165) is 12.1 Å². The summed E-state index contributed by atoms with van der Waals surface area (Å²) >= 11 is 13.0. The molecule has 0 unspecified atom stereocenters. The summed E-state index contributed by atoms with van der Waals surface area (Å²) in [6.07, 6.45) is 0.793. The number of hydrogen-bond acceptors (Lipinski definition) is 6. The molecule has 0 radical (unpaired) electrons. The monoisotopic (exact) mass is 275 g/mol. The van der Waals surface area contributed by atoms with Crippen molar-refractivity contribution in [2.75, 3.05) is 11.9 Å². The predicted octanol–water partition coefficient (Wildman–Crippen LogP) is 2.29. The number of hydrogen-bond donors (Lipinski definition) is 1. The molecule has 5 nitrogen and oxygen atoms in total. The normalized spacial score (nSPS) is 10.4. The lowest BCUT2D eigenvalue weighted by atomic mass is 10.3. The smallest absolute Gasteiger partial charge is 0.245 e. The minimum Gasteiger partial charge on any atom is -0.367 e. The topological polar surface area (TPSA) is 63.6 Å². The summed E-state index contributed by atoms with van der Waals surface area (Å²) in [5.41, 5.74) is 2.83. The van der Waals surface area contributed by atoms with E-state index in [1.807, 2.05) is 5.38 Å². The zero-order chi connectivity index (χ0) is 11.4. The van der Waals surface area contributed by atoms with E-state index in [9.17, 15) is 0 Å². The van der Waals surface area contributed by atoms with Crippen molar-refractivity contribution in [1.29, 1.82) is 0 Å². The Morgan fingerprint density at radius 3 is 2.94 bits per heavy atom. The first-order chi connectivity index (χ1) is 7.75. The molecule has 2 aromatic rings. The first-order valence-electron chi connectivity index (χ1n) is 4.42. The fraction of sp³-hybridized carbons (Fsp3) is 0.250.